The maximum Gasteiger partial charge on any atom is 0.223 e. The second-order valence-corrected chi connectivity index (χ2v) is 5.58. The summed E-state index contributed by atoms with van der Waals surface area (Å²) in [6.45, 7) is 4.24. The average Bonchev–Trinajstić information content (AvgIpc) is 2.70. The number of nitrogens with zero attached hydrogens (tertiary/aromatic N) is 4. The van der Waals surface area contributed by atoms with Crippen LogP contribution in [0.3, 0.4) is 0 Å². The van der Waals surface area contributed by atoms with E-state index in [-0.39, 0.29) is 0 Å². The lowest BCUT2D eigenvalue weighted by Crippen LogP contribution is -2.29. The maximum atomic E-state index is 5.80. The highest BCUT2D eigenvalue weighted by molar-refractivity contribution is 7.16. The molecule has 2 aromatic rings. The highest BCUT2D eigenvalue weighted by atomic mass is 32.1. The third-order valence-corrected chi connectivity index (χ3v) is 4.15. The Labute approximate surface area is 110 Å². The molecular weight excluding hydrogens is 246 g/mol. The van der Waals surface area contributed by atoms with Crippen LogP contribution in [0.2, 0.25) is 0 Å². The van der Waals surface area contributed by atoms with E-state index >= 15 is 0 Å². The Morgan fingerprint density at radius 2 is 2.11 bits per heavy atom. The molecule has 3 rings (SSSR count). The quantitative estimate of drug-likeness (QED) is 0.843. The standard InChI is InChI=1S/C12H17N5S/c1-16-4-2-5-17(7-6-16)10-9-3-8-18-11(9)15-12(13)14-10/h3,8H,2,4-7H2,1H3,(H2,13,14,15). The molecule has 18 heavy (non-hydrogen) atoms. The molecule has 0 unspecified atom stereocenters. The first-order valence-electron chi connectivity index (χ1n) is 6.18. The van der Waals surface area contributed by atoms with Crippen LogP contribution < -0.4 is 10.6 Å². The van der Waals surface area contributed by atoms with Crippen molar-refractivity contribution in [1.29, 1.82) is 0 Å². The minimum atomic E-state index is 0.373. The molecule has 0 spiro atoms. The Morgan fingerprint density at radius 3 is 3.00 bits per heavy atom. The lowest BCUT2D eigenvalue weighted by atomic mass is 10.3. The van der Waals surface area contributed by atoms with Crippen LogP contribution in [0.15, 0.2) is 11.4 Å². The predicted molar refractivity (Wildman–Crippen MR) is 76.2 cm³/mol. The molecule has 1 fully saturated rings. The molecule has 1 aliphatic rings. The topological polar surface area (TPSA) is 58.3 Å². The van der Waals surface area contributed by atoms with E-state index in [4.69, 9.17) is 5.73 Å². The Kier molecular flexibility index (Phi) is 3.05. The van der Waals surface area contributed by atoms with Crippen LogP contribution in [0.5, 0.6) is 0 Å². The number of thiophene rings is 1. The summed E-state index contributed by atoms with van der Waals surface area (Å²) in [5.74, 6) is 1.37. The van der Waals surface area contributed by atoms with E-state index in [0.717, 1.165) is 48.6 Å². The smallest absolute Gasteiger partial charge is 0.223 e. The molecule has 1 saturated heterocycles. The summed E-state index contributed by atoms with van der Waals surface area (Å²) in [6, 6.07) is 2.09. The molecular formula is C12H17N5S. The van der Waals surface area contributed by atoms with Crippen molar-refractivity contribution in [2.45, 2.75) is 6.42 Å². The van der Waals surface area contributed by atoms with E-state index in [9.17, 15) is 0 Å². The van der Waals surface area contributed by atoms with E-state index in [0.29, 0.717) is 5.95 Å². The third kappa shape index (κ3) is 2.13. The highest BCUT2D eigenvalue weighted by Crippen LogP contribution is 2.28. The van der Waals surface area contributed by atoms with Crippen molar-refractivity contribution >= 4 is 33.3 Å². The summed E-state index contributed by atoms with van der Waals surface area (Å²) in [5.41, 5.74) is 5.80. The minimum absolute atomic E-state index is 0.373. The first-order chi connectivity index (χ1) is 8.74. The van der Waals surface area contributed by atoms with Crippen molar-refractivity contribution in [3.8, 4) is 0 Å². The van der Waals surface area contributed by atoms with Crippen LogP contribution in [0, 0.1) is 0 Å². The number of hydrogen-bond donors (Lipinski definition) is 1. The van der Waals surface area contributed by atoms with Gasteiger partial charge in [0.25, 0.3) is 0 Å². The van der Waals surface area contributed by atoms with Crippen LogP contribution >= 0.6 is 11.3 Å². The van der Waals surface area contributed by atoms with Gasteiger partial charge in [0.15, 0.2) is 0 Å². The summed E-state index contributed by atoms with van der Waals surface area (Å²) in [6.07, 6.45) is 1.16. The number of rotatable bonds is 1. The summed E-state index contributed by atoms with van der Waals surface area (Å²) >= 11 is 1.62. The van der Waals surface area contributed by atoms with Gasteiger partial charge in [-0.05, 0) is 31.5 Å². The number of likely N-dealkylation sites (N-methyl/N-ethyl adjacent to an activating group) is 1. The minimum Gasteiger partial charge on any atom is -0.368 e. The average molecular weight is 263 g/mol. The zero-order valence-corrected chi connectivity index (χ0v) is 11.3. The molecule has 0 radical (unpaired) electrons. The fraction of sp³-hybridized carbons (Fsp3) is 0.500. The molecule has 2 aromatic heterocycles. The molecule has 0 amide bonds. The normalized spacial score (nSPS) is 18.2. The summed E-state index contributed by atoms with van der Waals surface area (Å²) in [7, 11) is 2.16. The Bertz CT molecular complexity index is 552. The second kappa shape index (κ2) is 4.70. The number of fused-ring (bicyclic) bond motifs is 1. The predicted octanol–water partition coefficient (Wildman–Crippen LogP) is 1.42. The van der Waals surface area contributed by atoms with Gasteiger partial charge in [-0.15, -0.1) is 11.3 Å². The molecule has 2 N–H and O–H groups in total. The molecule has 0 aliphatic carbocycles. The molecule has 0 bridgehead atoms. The van der Waals surface area contributed by atoms with Crippen molar-refractivity contribution in [3.05, 3.63) is 11.4 Å². The number of aromatic nitrogens is 2. The van der Waals surface area contributed by atoms with Gasteiger partial charge in [-0.2, -0.15) is 4.98 Å². The van der Waals surface area contributed by atoms with Gasteiger partial charge in [0.05, 0.1) is 5.39 Å². The number of hydrogen-bond acceptors (Lipinski definition) is 6. The van der Waals surface area contributed by atoms with Gasteiger partial charge in [-0.25, -0.2) is 4.98 Å². The first-order valence-corrected chi connectivity index (χ1v) is 7.06. The van der Waals surface area contributed by atoms with Gasteiger partial charge < -0.3 is 15.5 Å². The monoisotopic (exact) mass is 263 g/mol. The van der Waals surface area contributed by atoms with Crippen LogP contribution in [0.4, 0.5) is 11.8 Å². The Balaban J connectivity index is 1.99. The molecule has 0 atom stereocenters. The van der Waals surface area contributed by atoms with E-state index in [1.54, 1.807) is 11.3 Å². The van der Waals surface area contributed by atoms with E-state index in [2.05, 4.69) is 32.9 Å². The molecule has 3 heterocycles. The largest absolute Gasteiger partial charge is 0.368 e. The highest BCUT2D eigenvalue weighted by Gasteiger charge is 2.17. The fourth-order valence-electron chi connectivity index (χ4n) is 2.36. The van der Waals surface area contributed by atoms with Gasteiger partial charge in [0, 0.05) is 19.6 Å². The zero-order valence-electron chi connectivity index (χ0n) is 10.5. The van der Waals surface area contributed by atoms with E-state index in [1.165, 1.54) is 0 Å². The van der Waals surface area contributed by atoms with Gasteiger partial charge in [-0.1, -0.05) is 0 Å². The molecule has 0 saturated carbocycles. The van der Waals surface area contributed by atoms with Crippen LogP contribution in [-0.4, -0.2) is 48.1 Å². The van der Waals surface area contributed by atoms with Gasteiger partial charge in [0.1, 0.15) is 10.6 Å². The summed E-state index contributed by atoms with van der Waals surface area (Å²) < 4.78 is 0. The van der Waals surface area contributed by atoms with Gasteiger partial charge >= 0.3 is 0 Å². The second-order valence-electron chi connectivity index (χ2n) is 4.69. The van der Waals surface area contributed by atoms with E-state index in [1.807, 2.05) is 5.38 Å². The van der Waals surface area contributed by atoms with E-state index < -0.39 is 0 Å². The fourth-order valence-corrected chi connectivity index (χ4v) is 3.12. The number of nitrogens with two attached hydrogens (primary N) is 1. The van der Waals surface area contributed by atoms with Crippen molar-refractivity contribution in [2.75, 3.05) is 43.9 Å². The molecule has 5 nitrogen and oxygen atoms in total. The first kappa shape index (κ1) is 11.7. The lowest BCUT2D eigenvalue weighted by molar-refractivity contribution is 0.360. The molecule has 1 aliphatic heterocycles. The van der Waals surface area contributed by atoms with Crippen LogP contribution in [-0.2, 0) is 0 Å². The van der Waals surface area contributed by atoms with Crippen molar-refractivity contribution in [1.82, 2.24) is 14.9 Å². The van der Waals surface area contributed by atoms with Crippen LogP contribution in [0.25, 0.3) is 10.2 Å². The lowest BCUT2D eigenvalue weighted by Gasteiger charge is -2.22. The summed E-state index contributed by atoms with van der Waals surface area (Å²) in [5, 5.41) is 3.17. The van der Waals surface area contributed by atoms with Crippen molar-refractivity contribution < 1.29 is 0 Å². The number of nitrogen functional groups attached to an aromatic ring is 1. The maximum absolute atomic E-state index is 5.80. The van der Waals surface area contributed by atoms with Gasteiger partial charge in [0.2, 0.25) is 5.95 Å². The molecule has 6 heteroatoms. The van der Waals surface area contributed by atoms with Crippen LogP contribution in [0.1, 0.15) is 6.42 Å². The zero-order chi connectivity index (χ0) is 12.5. The van der Waals surface area contributed by atoms with Crippen molar-refractivity contribution in [2.24, 2.45) is 0 Å². The number of anilines is 2. The van der Waals surface area contributed by atoms with Gasteiger partial charge in [-0.3, -0.25) is 0 Å². The third-order valence-electron chi connectivity index (χ3n) is 3.34. The Hall–Kier alpha value is -1.40. The molecule has 96 valence electrons. The Morgan fingerprint density at radius 1 is 1.22 bits per heavy atom. The SMILES string of the molecule is CN1CCCN(c2nc(N)nc3sccc23)CC1. The molecule has 0 aromatic carbocycles. The van der Waals surface area contributed by atoms with Crippen molar-refractivity contribution in [3.63, 3.8) is 0 Å². The summed E-state index contributed by atoms with van der Waals surface area (Å²) in [4.78, 5) is 14.4.